The third-order valence-corrected chi connectivity index (χ3v) is 4.32. The number of hydrogen-bond acceptors (Lipinski definition) is 3. The van der Waals surface area contributed by atoms with Gasteiger partial charge >= 0.3 is 0 Å². The second-order valence-corrected chi connectivity index (χ2v) is 5.64. The Morgan fingerprint density at radius 1 is 0.905 bits per heavy atom. The van der Waals surface area contributed by atoms with Crippen LogP contribution in [0.25, 0.3) is 11.1 Å². The average Bonchev–Trinajstić information content (AvgIpc) is 3.00. The van der Waals surface area contributed by atoms with E-state index in [4.69, 9.17) is 4.42 Å². The molecule has 3 heteroatoms. The molecule has 1 aliphatic heterocycles. The van der Waals surface area contributed by atoms with Gasteiger partial charge in [-0.3, -0.25) is 0 Å². The normalized spacial score (nSPS) is 16.5. The van der Waals surface area contributed by atoms with E-state index in [1.807, 2.05) is 24.3 Å². The second-order valence-electron chi connectivity index (χ2n) is 5.64. The van der Waals surface area contributed by atoms with Crippen molar-refractivity contribution < 1.29 is 4.42 Å². The predicted molar refractivity (Wildman–Crippen MR) is 84.6 cm³/mol. The molecule has 1 saturated heterocycles. The number of benzene rings is 2. The molecule has 1 aromatic heterocycles. The Morgan fingerprint density at radius 2 is 1.62 bits per heavy atom. The van der Waals surface area contributed by atoms with E-state index in [1.54, 1.807) is 0 Å². The fraction of sp³-hybridized carbons (Fsp3) is 0.278. The zero-order chi connectivity index (χ0) is 14.1. The molecule has 0 saturated carbocycles. The molecule has 21 heavy (non-hydrogen) atoms. The van der Waals surface area contributed by atoms with Gasteiger partial charge in [-0.15, -0.1) is 0 Å². The molecule has 4 rings (SSSR count). The van der Waals surface area contributed by atoms with E-state index in [0.29, 0.717) is 5.92 Å². The van der Waals surface area contributed by atoms with Crippen molar-refractivity contribution in [3.8, 4) is 0 Å². The summed E-state index contributed by atoms with van der Waals surface area (Å²) in [6, 6.07) is 19.5. The maximum absolute atomic E-state index is 5.86. The topological polar surface area (TPSA) is 29.3 Å². The first-order valence-electron chi connectivity index (χ1n) is 7.55. The summed E-state index contributed by atoms with van der Waals surface area (Å²) >= 11 is 0. The minimum atomic E-state index is 0.659. The van der Waals surface area contributed by atoms with Crippen molar-refractivity contribution in [2.24, 2.45) is 0 Å². The van der Waals surface area contributed by atoms with Crippen LogP contribution in [-0.2, 0) is 0 Å². The maximum Gasteiger partial charge on any atom is 0.298 e. The summed E-state index contributed by atoms with van der Waals surface area (Å²) in [5, 5.41) is 0. The Labute approximate surface area is 124 Å². The Morgan fingerprint density at radius 3 is 2.38 bits per heavy atom. The van der Waals surface area contributed by atoms with Crippen LogP contribution in [-0.4, -0.2) is 18.1 Å². The van der Waals surface area contributed by atoms with Crippen molar-refractivity contribution in [1.82, 2.24) is 4.98 Å². The SMILES string of the molecule is c1ccc(C2CCN(c3nc4ccccc4o3)CC2)cc1. The number of fused-ring (bicyclic) bond motifs is 1. The average molecular weight is 278 g/mol. The van der Waals surface area contributed by atoms with Gasteiger partial charge in [0, 0.05) is 13.1 Å². The zero-order valence-corrected chi connectivity index (χ0v) is 11.9. The molecule has 0 N–H and O–H groups in total. The van der Waals surface area contributed by atoms with Crippen LogP contribution in [0.5, 0.6) is 0 Å². The quantitative estimate of drug-likeness (QED) is 0.703. The molecule has 0 amide bonds. The van der Waals surface area contributed by atoms with Crippen LogP contribution in [0, 0.1) is 0 Å². The maximum atomic E-state index is 5.86. The second kappa shape index (κ2) is 5.24. The molecule has 3 nitrogen and oxygen atoms in total. The van der Waals surface area contributed by atoms with E-state index in [-0.39, 0.29) is 0 Å². The lowest BCUT2D eigenvalue weighted by molar-refractivity contribution is 0.468. The molecule has 106 valence electrons. The molecule has 1 aliphatic rings. The highest BCUT2D eigenvalue weighted by Crippen LogP contribution is 2.31. The van der Waals surface area contributed by atoms with Gasteiger partial charge in [-0.05, 0) is 36.5 Å². The van der Waals surface area contributed by atoms with E-state index < -0.39 is 0 Å². The monoisotopic (exact) mass is 278 g/mol. The minimum Gasteiger partial charge on any atom is -0.423 e. The number of hydrogen-bond donors (Lipinski definition) is 0. The molecular formula is C18H18N2O. The lowest BCUT2D eigenvalue weighted by atomic mass is 9.90. The summed E-state index contributed by atoms with van der Waals surface area (Å²) < 4.78 is 5.86. The van der Waals surface area contributed by atoms with Crippen molar-refractivity contribution >= 4 is 17.1 Å². The van der Waals surface area contributed by atoms with Crippen LogP contribution < -0.4 is 4.90 Å². The van der Waals surface area contributed by atoms with Gasteiger partial charge in [0.2, 0.25) is 0 Å². The van der Waals surface area contributed by atoms with Gasteiger partial charge < -0.3 is 9.32 Å². The zero-order valence-electron chi connectivity index (χ0n) is 11.9. The van der Waals surface area contributed by atoms with Crippen molar-refractivity contribution in [3.63, 3.8) is 0 Å². The van der Waals surface area contributed by atoms with Gasteiger partial charge in [-0.2, -0.15) is 4.98 Å². The smallest absolute Gasteiger partial charge is 0.298 e. The Bertz CT molecular complexity index is 694. The predicted octanol–water partition coefficient (Wildman–Crippen LogP) is 4.21. The Kier molecular flexibility index (Phi) is 3.11. The van der Waals surface area contributed by atoms with Gasteiger partial charge in [0.15, 0.2) is 5.58 Å². The molecule has 1 fully saturated rings. The van der Waals surface area contributed by atoms with E-state index in [2.05, 4.69) is 40.2 Å². The van der Waals surface area contributed by atoms with E-state index >= 15 is 0 Å². The van der Waals surface area contributed by atoms with Crippen molar-refractivity contribution in [1.29, 1.82) is 0 Å². The van der Waals surface area contributed by atoms with E-state index in [9.17, 15) is 0 Å². The standard InChI is InChI=1S/C18H18N2O/c1-2-6-14(7-3-1)15-10-12-20(13-11-15)18-19-16-8-4-5-9-17(16)21-18/h1-9,15H,10-13H2. The molecule has 0 atom stereocenters. The number of anilines is 1. The first-order chi connectivity index (χ1) is 10.4. The highest BCUT2D eigenvalue weighted by Gasteiger charge is 2.23. The Hall–Kier alpha value is -2.29. The lowest BCUT2D eigenvalue weighted by Gasteiger charge is -2.31. The fourth-order valence-electron chi connectivity index (χ4n) is 3.12. The van der Waals surface area contributed by atoms with Crippen LogP contribution in [0.1, 0.15) is 24.3 Å². The van der Waals surface area contributed by atoms with Gasteiger partial charge in [-0.1, -0.05) is 42.5 Å². The molecule has 2 aromatic carbocycles. The largest absolute Gasteiger partial charge is 0.423 e. The van der Waals surface area contributed by atoms with Crippen LogP contribution in [0.15, 0.2) is 59.0 Å². The highest BCUT2D eigenvalue weighted by molar-refractivity contribution is 5.74. The van der Waals surface area contributed by atoms with Gasteiger partial charge in [0.1, 0.15) is 5.52 Å². The van der Waals surface area contributed by atoms with Crippen LogP contribution in [0.4, 0.5) is 6.01 Å². The summed E-state index contributed by atoms with van der Waals surface area (Å²) in [6.07, 6.45) is 2.31. The molecular weight excluding hydrogens is 260 g/mol. The molecule has 2 heterocycles. The summed E-state index contributed by atoms with van der Waals surface area (Å²) in [6.45, 7) is 2.01. The van der Waals surface area contributed by atoms with Crippen LogP contribution >= 0.6 is 0 Å². The fourth-order valence-corrected chi connectivity index (χ4v) is 3.12. The first kappa shape index (κ1) is 12.5. The van der Waals surface area contributed by atoms with Gasteiger partial charge in [0.25, 0.3) is 6.01 Å². The number of nitrogens with zero attached hydrogens (tertiary/aromatic N) is 2. The number of piperidine rings is 1. The number of rotatable bonds is 2. The molecule has 0 unspecified atom stereocenters. The summed E-state index contributed by atoms with van der Waals surface area (Å²) in [5.74, 6) is 0.659. The van der Waals surface area contributed by atoms with E-state index in [0.717, 1.165) is 43.0 Å². The summed E-state index contributed by atoms with van der Waals surface area (Å²) in [5.41, 5.74) is 3.27. The molecule has 0 radical (unpaired) electrons. The minimum absolute atomic E-state index is 0.659. The summed E-state index contributed by atoms with van der Waals surface area (Å²) in [7, 11) is 0. The van der Waals surface area contributed by atoms with Crippen molar-refractivity contribution in [2.45, 2.75) is 18.8 Å². The van der Waals surface area contributed by atoms with Crippen LogP contribution in [0.3, 0.4) is 0 Å². The molecule has 0 aliphatic carbocycles. The van der Waals surface area contributed by atoms with Crippen molar-refractivity contribution in [3.05, 3.63) is 60.2 Å². The molecule has 0 bridgehead atoms. The van der Waals surface area contributed by atoms with E-state index in [1.165, 1.54) is 5.56 Å². The number of aromatic nitrogens is 1. The third kappa shape index (κ3) is 2.40. The lowest BCUT2D eigenvalue weighted by Crippen LogP contribution is -2.33. The van der Waals surface area contributed by atoms with Gasteiger partial charge in [0.05, 0.1) is 0 Å². The number of para-hydroxylation sites is 2. The summed E-state index contributed by atoms with van der Waals surface area (Å²) in [4.78, 5) is 6.86. The third-order valence-electron chi connectivity index (χ3n) is 4.32. The molecule has 0 spiro atoms. The van der Waals surface area contributed by atoms with Crippen LogP contribution in [0.2, 0.25) is 0 Å². The van der Waals surface area contributed by atoms with Gasteiger partial charge in [-0.25, -0.2) is 0 Å². The number of oxazole rings is 1. The Balaban J connectivity index is 1.50. The highest BCUT2D eigenvalue weighted by atomic mass is 16.4. The molecule has 3 aromatic rings. The first-order valence-corrected chi connectivity index (χ1v) is 7.55. The van der Waals surface area contributed by atoms with Crippen molar-refractivity contribution in [2.75, 3.05) is 18.0 Å².